The van der Waals surface area contributed by atoms with Crippen LogP contribution >= 0.6 is 12.2 Å². The number of nitrogens with one attached hydrogen (secondary N) is 2. The normalized spacial score (nSPS) is 10.5. The van der Waals surface area contributed by atoms with Gasteiger partial charge in [-0.3, -0.25) is 5.32 Å². The van der Waals surface area contributed by atoms with Crippen LogP contribution in [-0.2, 0) is 13.1 Å². The van der Waals surface area contributed by atoms with E-state index in [0.717, 1.165) is 0 Å². The summed E-state index contributed by atoms with van der Waals surface area (Å²) < 4.78 is 1.80. The van der Waals surface area contributed by atoms with Crippen LogP contribution in [0.2, 0.25) is 0 Å². The van der Waals surface area contributed by atoms with Crippen LogP contribution < -0.4 is 10.6 Å². The molecule has 2 aromatic carbocycles. The maximum absolute atomic E-state index is 5.31. The van der Waals surface area contributed by atoms with Crippen molar-refractivity contribution in [2.45, 2.75) is 26.9 Å². The van der Waals surface area contributed by atoms with Crippen molar-refractivity contribution < 1.29 is 0 Å². The average molecular weight is 351 g/mol. The second-order valence-electron chi connectivity index (χ2n) is 5.99. The summed E-state index contributed by atoms with van der Waals surface area (Å²) in [5.41, 5.74) is 4.88. The van der Waals surface area contributed by atoms with E-state index in [1.54, 1.807) is 11.0 Å². The fourth-order valence-electron chi connectivity index (χ4n) is 2.42. The first kappa shape index (κ1) is 17.1. The van der Waals surface area contributed by atoms with Crippen LogP contribution in [0.3, 0.4) is 0 Å². The van der Waals surface area contributed by atoms with Crippen molar-refractivity contribution in [3.05, 3.63) is 77.1 Å². The van der Waals surface area contributed by atoms with Gasteiger partial charge in [0.15, 0.2) is 5.11 Å². The Labute approximate surface area is 153 Å². The van der Waals surface area contributed by atoms with Crippen LogP contribution in [0.25, 0.3) is 0 Å². The number of anilines is 1. The first-order valence-corrected chi connectivity index (χ1v) is 8.55. The van der Waals surface area contributed by atoms with Crippen molar-refractivity contribution in [3.8, 4) is 0 Å². The lowest BCUT2D eigenvalue weighted by Gasteiger charge is -2.08. The minimum Gasteiger partial charge on any atom is -0.358 e. The van der Waals surface area contributed by atoms with Crippen molar-refractivity contribution in [2.75, 3.05) is 5.32 Å². The molecule has 0 spiro atoms. The van der Waals surface area contributed by atoms with Crippen molar-refractivity contribution >= 4 is 23.3 Å². The molecule has 25 heavy (non-hydrogen) atoms. The van der Waals surface area contributed by atoms with Crippen LogP contribution in [0, 0.1) is 13.8 Å². The van der Waals surface area contributed by atoms with E-state index < -0.39 is 0 Å². The Balaban J connectivity index is 1.53. The number of thiocarbonyl (C=S) groups is 1. The molecule has 0 aliphatic carbocycles. The van der Waals surface area contributed by atoms with Gasteiger partial charge in [-0.1, -0.05) is 54.1 Å². The predicted octanol–water partition coefficient (Wildman–Crippen LogP) is 3.43. The van der Waals surface area contributed by atoms with E-state index in [1.165, 1.54) is 22.3 Å². The van der Waals surface area contributed by atoms with Crippen LogP contribution in [0.1, 0.15) is 22.3 Å². The molecule has 3 rings (SSSR count). The summed E-state index contributed by atoms with van der Waals surface area (Å²) >= 11 is 5.31. The molecule has 0 radical (unpaired) electrons. The van der Waals surface area contributed by atoms with Gasteiger partial charge in [-0.2, -0.15) is 0 Å². The van der Waals surface area contributed by atoms with Crippen LogP contribution in [-0.4, -0.2) is 19.9 Å². The van der Waals surface area contributed by atoms with E-state index in [1.807, 2.05) is 12.1 Å². The molecule has 0 atom stereocenters. The van der Waals surface area contributed by atoms with E-state index >= 15 is 0 Å². The second kappa shape index (κ2) is 7.90. The lowest BCUT2D eigenvalue weighted by Crippen LogP contribution is -2.28. The fourth-order valence-corrected chi connectivity index (χ4v) is 2.59. The summed E-state index contributed by atoms with van der Waals surface area (Å²) in [5, 5.41) is 11.1. The summed E-state index contributed by atoms with van der Waals surface area (Å²) in [7, 11) is 0. The molecule has 0 aliphatic rings. The van der Waals surface area contributed by atoms with Crippen molar-refractivity contribution in [3.63, 3.8) is 0 Å². The molecule has 0 saturated heterocycles. The number of rotatable bonds is 5. The van der Waals surface area contributed by atoms with E-state index in [-0.39, 0.29) is 0 Å². The molecular formula is C19H21N5S. The quantitative estimate of drug-likeness (QED) is 0.690. The van der Waals surface area contributed by atoms with Gasteiger partial charge in [-0.15, -0.1) is 5.10 Å². The van der Waals surface area contributed by atoms with Gasteiger partial charge < -0.3 is 5.32 Å². The third kappa shape index (κ3) is 4.87. The van der Waals surface area contributed by atoms with Crippen molar-refractivity contribution in [2.24, 2.45) is 0 Å². The molecule has 0 saturated carbocycles. The summed E-state index contributed by atoms with van der Waals surface area (Å²) in [5.74, 6) is 0.495. The number of nitrogens with zero attached hydrogens (tertiary/aromatic N) is 3. The molecule has 0 aliphatic heterocycles. The Bertz CT molecular complexity index is 854. The molecule has 1 heterocycles. The number of aromatic nitrogens is 3. The highest BCUT2D eigenvalue weighted by Gasteiger charge is 2.05. The number of aryl methyl sites for hydroxylation is 2. The lowest BCUT2D eigenvalue weighted by molar-refractivity contribution is 0.684. The molecule has 1 aromatic heterocycles. The van der Waals surface area contributed by atoms with Gasteiger partial charge in [0.1, 0.15) is 6.33 Å². The van der Waals surface area contributed by atoms with Gasteiger partial charge in [0.2, 0.25) is 5.95 Å². The molecule has 6 heteroatoms. The number of hydrogen-bond donors (Lipinski definition) is 2. The monoisotopic (exact) mass is 351 g/mol. The van der Waals surface area contributed by atoms with Gasteiger partial charge >= 0.3 is 0 Å². The lowest BCUT2D eigenvalue weighted by atomic mass is 10.1. The standard InChI is InChI=1S/C19H21N5S/c1-14-7-9-16(10-8-14)11-20-19(25)22-18-21-13-24(23-18)12-17-6-4-3-5-15(17)2/h3-10,13H,11-12H2,1-2H3,(H2,20,22,23,25). The van der Waals surface area contributed by atoms with Gasteiger partial charge in [-0.05, 0) is 42.8 Å². The maximum Gasteiger partial charge on any atom is 0.248 e. The smallest absolute Gasteiger partial charge is 0.248 e. The zero-order valence-electron chi connectivity index (χ0n) is 14.4. The van der Waals surface area contributed by atoms with Crippen molar-refractivity contribution in [1.82, 2.24) is 20.1 Å². The van der Waals surface area contributed by atoms with E-state index in [2.05, 4.69) is 71.0 Å². The molecule has 3 aromatic rings. The molecular weight excluding hydrogens is 330 g/mol. The molecule has 0 bridgehead atoms. The zero-order chi connectivity index (χ0) is 17.6. The Hall–Kier alpha value is -2.73. The SMILES string of the molecule is Cc1ccc(CNC(=S)Nc2ncn(Cc3ccccc3C)n2)cc1. The molecule has 5 nitrogen and oxygen atoms in total. The molecule has 128 valence electrons. The average Bonchev–Trinajstić information content (AvgIpc) is 3.03. The van der Waals surface area contributed by atoms with Crippen LogP contribution in [0.15, 0.2) is 54.9 Å². The highest BCUT2D eigenvalue weighted by molar-refractivity contribution is 7.80. The second-order valence-corrected chi connectivity index (χ2v) is 6.39. The zero-order valence-corrected chi connectivity index (χ0v) is 15.2. The van der Waals surface area contributed by atoms with Gasteiger partial charge in [0, 0.05) is 6.54 Å². The van der Waals surface area contributed by atoms with E-state index in [9.17, 15) is 0 Å². The summed E-state index contributed by atoms with van der Waals surface area (Å²) in [6, 6.07) is 16.6. The Morgan fingerprint density at radius 2 is 1.84 bits per heavy atom. The third-order valence-corrected chi connectivity index (χ3v) is 4.18. The first-order chi connectivity index (χ1) is 12.1. The number of benzene rings is 2. The maximum atomic E-state index is 5.31. The molecule has 0 unspecified atom stereocenters. The third-order valence-electron chi connectivity index (χ3n) is 3.93. The summed E-state index contributed by atoms with van der Waals surface area (Å²) in [6.45, 7) is 5.51. The van der Waals surface area contributed by atoms with E-state index in [4.69, 9.17) is 12.2 Å². The van der Waals surface area contributed by atoms with Crippen LogP contribution in [0.4, 0.5) is 5.95 Å². The highest BCUT2D eigenvalue weighted by Crippen LogP contribution is 2.09. The predicted molar refractivity (Wildman–Crippen MR) is 105 cm³/mol. The summed E-state index contributed by atoms with van der Waals surface area (Å²) in [6.07, 6.45) is 1.71. The Kier molecular flexibility index (Phi) is 5.40. The molecule has 0 fully saturated rings. The Morgan fingerprint density at radius 3 is 2.60 bits per heavy atom. The van der Waals surface area contributed by atoms with Crippen LogP contribution in [0.5, 0.6) is 0 Å². The summed E-state index contributed by atoms with van der Waals surface area (Å²) in [4.78, 5) is 4.26. The molecule has 2 N–H and O–H groups in total. The van der Waals surface area contributed by atoms with Gasteiger partial charge in [0.05, 0.1) is 6.54 Å². The van der Waals surface area contributed by atoms with E-state index in [0.29, 0.717) is 24.2 Å². The number of hydrogen-bond acceptors (Lipinski definition) is 3. The highest BCUT2D eigenvalue weighted by atomic mass is 32.1. The topological polar surface area (TPSA) is 54.8 Å². The van der Waals surface area contributed by atoms with Crippen molar-refractivity contribution in [1.29, 1.82) is 0 Å². The Morgan fingerprint density at radius 1 is 1.08 bits per heavy atom. The minimum atomic E-state index is 0.495. The van der Waals surface area contributed by atoms with Gasteiger partial charge in [-0.25, -0.2) is 9.67 Å². The first-order valence-electron chi connectivity index (χ1n) is 8.14. The minimum absolute atomic E-state index is 0.495. The molecule has 0 amide bonds. The van der Waals surface area contributed by atoms with Gasteiger partial charge in [0.25, 0.3) is 0 Å². The fraction of sp³-hybridized carbons (Fsp3) is 0.211. The largest absolute Gasteiger partial charge is 0.358 e.